The molecule has 0 saturated heterocycles. The van der Waals surface area contributed by atoms with Gasteiger partial charge in [-0.15, -0.1) is 0 Å². The molecule has 0 saturated carbocycles. The van der Waals surface area contributed by atoms with E-state index in [1.165, 1.54) is 18.5 Å². The van der Waals surface area contributed by atoms with Crippen LogP contribution in [0.1, 0.15) is 33.6 Å². The first-order valence-electron chi connectivity index (χ1n) is 5.29. The summed E-state index contributed by atoms with van der Waals surface area (Å²) in [6.45, 7) is 8.80. The first kappa shape index (κ1) is 10.3. The summed E-state index contributed by atoms with van der Waals surface area (Å²) in [7, 11) is 0. The molecule has 0 N–H and O–H groups in total. The molecule has 0 aromatic carbocycles. The van der Waals surface area contributed by atoms with Crippen LogP contribution in [0.15, 0.2) is 16.9 Å². The summed E-state index contributed by atoms with van der Waals surface area (Å²) >= 11 is 0. The van der Waals surface area contributed by atoms with Gasteiger partial charge in [0.25, 0.3) is 0 Å². The van der Waals surface area contributed by atoms with E-state index in [4.69, 9.17) is 0 Å². The highest BCUT2D eigenvalue weighted by molar-refractivity contribution is 5.63. The van der Waals surface area contributed by atoms with E-state index in [9.17, 15) is 0 Å². The molecule has 1 atom stereocenters. The van der Waals surface area contributed by atoms with Crippen molar-refractivity contribution in [1.82, 2.24) is 4.90 Å². The van der Waals surface area contributed by atoms with Crippen LogP contribution in [-0.4, -0.2) is 24.2 Å². The highest BCUT2D eigenvalue weighted by Gasteiger charge is 2.13. The summed E-state index contributed by atoms with van der Waals surface area (Å²) < 4.78 is 0. The molecule has 74 valence electrons. The fourth-order valence-corrected chi connectivity index (χ4v) is 1.72. The molecule has 0 radical (unpaired) electrons. The van der Waals surface area contributed by atoms with Crippen molar-refractivity contribution in [2.45, 2.75) is 33.6 Å². The number of rotatable bonds is 4. The second kappa shape index (κ2) is 5.05. The first-order valence-corrected chi connectivity index (χ1v) is 5.29. The molecule has 0 spiro atoms. The van der Waals surface area contributed by atoms with Gasteiger partial charge >= 0.3 is 0 Å². The lowest BCUT2D eigenvalue weighted by Gasteiger charge is -2.27. The van der Waals surface area contributed by atoms with Crippen LogP contribution in [0, 0.1) is 5.92 Å². The minimum absolute atomic E-state index is 0.653. The van der Waals surface area contributed by atoms with Crippen LogP contribution >= 0.6 is 0 Å². The van der Waals surface area contributed by atoms with E-state index in [0.717, 1.165) is 13.1 Å². The Morgan fingerprint density at radius 3 is 2.62 bits per heavy atom. The summed E-state index contributed by atoms with van der Waals surface area (Å²) in [5.74, 6) is 0.653. The van der Waals surface area contributed by atoms with Crippen molar-refractivity contribution in [3.63, 3.8) is 0 Å². The van der Waals surface area contributed by atoms with Gasteiger partial charge in [0.1, 0.15) is 0 Å². The summed E-state index contributed by atoms with van der Waals surface area (Å²) in [4.78, 5) is 6.69. The molecule has 0 amide bonds. The molecule has 2 heteroatoms. The molecule has 1 rings (SSSR count). The van der Waals surface area contributed by atoms with Crippen LogP contribution in [0.3, 0.4) is 0 Å². The lowest BCUT2D eigenvalue weighted by Crippen LogP contribution is -2.25. The van der Waals surface area contributed by atoms with Gasteiger partial charge in [0.15, 0.2) is 0 Å². The summed E-state index contributed by atoms with van der Waals surface area (Å²) in [6.07, 6.45) is 6.45. The molecule has 0 aromatic rings. The molecule has 2 nitrogen and oxygen atoms in total. The van der Waals surface area contributed by atoms with E-state index < -0.39 is 0 Å². The predicted octanol–water partition coefficient (Wildman–Crippen LogP) is 2.67. The average molecular weight is 180 g/mol. The van der Waals surface area contributed by atoms with Crippen molar-refractivity contribution in [1.29, 1.82) is 0 Å². The highest BCUT2D eigenvalue weighted by Crippen LogP contribution is 2.20. The Bertz CT molecular complexity index is 202. The fraction of sp³-hybridized carbons (Fsp3) is 0.727. The Hall–Kier alpha value is -0.790. The van der Waals surface area contributed by atoms with Gasteiger partial charge in [-0.05, 0) is 32.6 Å². The van der Waals surface area contributed by atoms with E-state index in [0.29, 0.717) is 5.92 Å². The monoisotopic (exact) mass is 180 g/mol. The van der Waals surface area contributed by atoms with E-state index >= 15 is 0 Å². The molecular formula is C11H20N2. The maximum atomic E-state index is 4.30. The molecule has 13 heavy (non-hydrogen) atoms. The lowest BCUT2D eigenvalue weighted by molar-refractivity contribution is 0.354. The number of hydrogen-bond donors (Lipinski definition) is 0. The minimum atomic E-state index is 0.653. The molecule has 1 unspecified atom stereocenters. The van der Waals surface area contributed by atoms with Gasteiger partial charge in [0.2, 0.25) is 0 Å². The van der Waals surface area contributed by atoms with Crippen LogP contribution in [0.5, 0.6) is 0 Å². The Morgan fingerprint density at radius 2 is 2.08 bits per heavy atom. The zero-order valence-electron chi connectivity index (χ0n) is 8.95. The summed E-state index contributed by atoms with van der Waals surface area (Å²) in [6, 6.07) is 0. The zero-order valence-corrected chi connectivity index (χ0v) is 8.95. The van der Waals surface area contributed by atoms with Crippen molar-refractivity contribution >= 4 is 6.21 Å². The smallest absolute Gasteiger partial charge is 0.0455 e. The van der Waals surface area contributed by atoms with Crippen LogP contribution in [0.25, 0.3) is 0 Å². The third-order valence-electron chi connectivity index (χ3n) is 2.69. The molecule has 1 heterocycles. The zero-order chi connectivity index (χ0) is 9.68. The minimum Gasteiger partial charge on any atom is -0.374 e. The van der Waals surface area contributed by atoms with E-state index in [1.807, 2.05) is 6.20 Å². The average Bonchev–Trinajstić information content (AvgIpc) is 2.20. The van der Waals surface area contributed by atoms with E-state index in [1.54, 1.807) is 0 Å². The predicted molar refractivity (Wildman–Crippen MR) is 57.9 cm³/mol. The number of allylic oxidation sites excluding steroid dienone is 1. The van der Waals surface area contributed by atoms with E-state index in [2.05, 4.69) is 36.9 Å². The van der Waals surface area contributed by atoms with Crippen LogP contribution in [-0.2, 0) is 0 Å². The molecule has 0 fully saturated rings. The molecular weight excluding hydrogens is 160 g/mol. The van der Waals surface area contributed by atoms with Gasteiger partial charge in [-0.2, -0.15) is 0 Å². The maximum Gasteiger partial charge on any atom is 0.0455 e. The molecule has 0 aliphatic carbocycles. The highest BCUT2D eigenvalue weighted by atomic mass is 15.1. The molecule has 0 aromatic heterocycles. The van der Waals surface area contributed by atoms with Gasteiger partial charge in [-0.3, -0.25) is 4.99 Å². The second-order valence-corrected chi connectivity index (χ2v) is 3.46. The number of nitrogens with zero attached hydrogens (tertiary/aromatic N) is 2. The van der Waals surface area contributed by atoms with Crippen molar-refractivity contribution in [3.05, 3.63) is 11.9 Å². The first-order chi connectivity index (χ1) is 6.31. The van der Waals surface area contributed by atoms with Gasteiger partial charge < -0.3 is 4.90 Å². The van der Waals surface area contributed by atoms with Crippen molar-refractivity contribution in [2.75, 3.05) is 13.1 Å². The Morgan fingerprint density at radius 1 is 1.38 bits per heavy atom. The van der Waals surface area contributed by atoms with Gasteiger partial charge in [0.05, 0.1) is 0 Å². The molecule has 0 bridgehead atoms. The lowest BCUT2D eigenvalue weighted by atomic mass is 10.00. The third kappa shape index (κ3) is 2.58. The van der Waals surface area contributed by atoms with Crippen LogP contribution < -0.4 is 0 Å². The Balaban J connectivity index is 2.60. The summed E-state index contributed by atoms with van der Waals surface area (Å²) in [5, 5.41) is 0. The number of aliphatic imine (C=N–C) groups is 1. The van der Waals surface area contributed by atoms with E-state index in [-0.39, 0.29) is 0 Å². The molecule has 1 aliphatic rings. The van der Waals surface area contributed by atoms with Crippen molar-refractivity contribution in [2.24, 2.45) is 10.9 Å². The van der Waals surface area contributed by atoms with Crippen molar-refractivity contribution in [3.8, 4) is 0 Å². The van der Waals surface area contributed by atoms with Crippen molar-refractivity contribution < 1.29 is 0 Å². The molecule has 1 aliphatic heterocycles. The number of hydrogen-bond acceptors (Lipinski definition) is 2. The maximum absolute atomic E-state index is 4.30. The Labute approximate surface area is 81.3 Å². The largest absolute Gasteiger partial charge is 0.374 e. The SMILES string of the molecule is CCC1C=NC=C(N(CC)CC)C1. The van der Waals surface area contributed by atoms with Crippen LogP contribution in [0.2, 0.25) is 0 Å². The van der Waals surface area contributed by atoms with Gasteiger partial charge in [0, 0.05) is 31.2 Å². The summed E-state index contributed by atoms with van der Waals surface area (Å²) in [5.41, 5.74) is 1.40. The van der Waals surface area contributed by atoms with Crippen LogP contribution in [0.4, 0.5) is 0 Å². The quantitative estimate of drug-likeness (QED) is 0.649. The topological polar surface area (TPSA) is 15.6 Å². The van der Waals surface area contributed by atoms with Gasteiger partial charge in [-0.1, -0.05) is 6.92 Å². The second-order valence-electron chi connectivity index (χ2n) is 3.46. The third-order valence-corrected chi connectivity index (χ3v) is 2.69. The standard InChI is InChI=1S/C11H20N2/c1-4-10-7-11(9-12-8-10)13(5-2)6-3/h8-10H,4-7H2,1-3H3. The van der Waals surface area contributed by atoms with Gasteiger partial charge in [-0.25, -0.2) is 0 Å². The fourth-order valence-electron chi connectivity index (χ4n) is 1.72. The normalized spacial score (nSPS) is 21.5. The Kier molecular flexibility index (Phi) is 4.00.